The number of hydrogen-bond donors (Lipinski definition) is 6. The first kappa shape index (κ1) is 52.8. The van der Waals surface area contributed by atoms with Crippen molar-refractivity contribution in [2.24, 2.45) is 11.7 Å². The number of carbonyl (C=O) groups is 3. The topological polar surface area (TPSA) is 242 Å². The predicted molar refractivity (Wildman–Crippen MR) is 216 cm³/mol. The highest BCUT2D eigenvalue weighted by Crippen LogP contribution is 2.43. The Morgan fingerprint density at radius 1 is 0.807 bits per heavy atom. The number of esters is 2. The van der Waals surface area contributed by atoms with Gasteiger partial charge in [0.1, 0.15) is 12.6 Å². The second kappa shape index (κ2) is 32.6. The maximum atomic E-state index is 12.7. The van der Waals surface area contributed by atoms with E-state index in [0.29, 0.717) is 32.1 Å². The molecule has 0 aromatic rings. The quantitative estimate of drug-likeness (QED) is 0.0167. The second-order valence-corrected chi connectivity index (χ2v) is 16.5. The molecule has 0 spiro atoms. The van der Waals surface area contributed by atoms with Gasteiger partial charge in [-0.25, -0.2) is 4.57 Å². The standard InChI is InChI=1S/C41H74NO14P/c1-3-5-7-8-9-10-11-12-13-14-15-20-24-38(45)52-29-33(30-53-57(50,51)54-31-35(42)41(48)49)55-39(46)25-21-17-16-19-23-34-36(44)28-40(47)56-37(34)27-26-32(43)22-18-6-4-2/h16,19,26-27,32-37,40,43-44,47H,3-15,17-18,20-25,28-31,42H2,1-2H3,(H,48,49)(H,50,51)/b19-16-,27-26+/t32-,33+,34-,35-,36-,37+,40?/m0/s1. The number of carboxylic acid groups (broad SMARTS) is 1. The third kappa shape index (κ3) is 28.0. The van der Waals surface area contributed by atoms with E-state index in [1.54, 1.807) is 12.2 Å². The van der Waals surface area contributed by atoms with Crippen molar-refractivity contribution in [2.75, 3.05) is 19.8 Å². The van der Waals surface area contributed by atoms with Gasteiger partial charge in [0.15, 0.2) is 12.4 Å². The van der Waals surface area contributed by atoms with Crippen LogP contribution >= 0.6 is 7.82 Å². The molecule has 0 aromatic carbocycles. The predicted octanol–water partition coefficient (Wildman–Crippen LogP) is 6.78. The van der Waals surface area contributed by atoms with Crippen LogP contribution in [0.15, 0.2) is 24.3 Å². The van der Waals surface area contributed by atoms with Gasteiger partial charge < -0.3 is 45.3 Å². The van der Waals surface area contributed by atoms with Crippen LogP contribution < -0.4 is 5.73 Å². The molecule has 1 aliphatic rings. The number of allylic oxidation sites excluding steroid dienone is 2. The SMILES string of the molecule is CCCCCCCCCCCCCCC(=O)OC[C@H](COP(=O)(O)OC[C@H](N)C(=O)O)OC(=O)CCC/C=C\C[C@H]1[C@@H](O)CC(O)O[C@@H]1/C=C/[C@@H](O)CCCCC. The number of aliphatic hydroxyl groups excluding tert-OH is 3. The summed E-state index contributed by atoms with van der Waals surface area (Å²) in [7, 11) is -4.79. The molecule has 1 fully saturated rings. The van der Waals surface area contributed by atoms with Gasteiger partial charge in [-0.1, -0.05) is 128 Å². The Morgan fingerprint density at radius 3 is 2.02 bits per heavy atom. The zero-order valence-corrected chi connectivity index (χ0v) is 35.4. The highest BCUT2D eigenvalue weighted by Gasteiger charge is 2.35. The monoisotopic (exact) mass is 835 g/mol. The van der Waals surface area contributed by atoms with E-state index in [1.165, 1.54) is 51.4 Å². The summed E-state index contributed by atoms with van der Waals surface area (Å²) >= 11 is 0. The number of phosphoric acid groups is 1. The van der Waals surface area contributed by atoms with Crippen LogP contribution in [0.3, 0.4) is 0 Å². The molecule has 57 heavy (non-hydrogen) atoms. The first-order valence-electron chi connectivity index (χ1n) is 21.3. The van der Waals surface area contributed by atoms with E-state index in [9.17, 15) is 39.2 Å². The Balaban J connectivity index is 2.58. The van der Waals surface area contributed by atoms with Crippen molar-refractivity contribution >= 4 is 25.7 Å². The number of phosphoric ester groups is 1. The van der Waals surface area contributed by atoms with Crippen molar-refractivity contribution in [1.82, 2.24) is 0 Å². The Morgan fingerprint density at radius 2 is 1.39 bits per heavy atom. The normalized spacial score (nSPS) is 21.3. The van der Waals surface area contributed by atoms with Gasteiger partial charge >= 0.3 is 25.7 Å². The van der Waals surface area contributed by atoms with Gasteiger partial charge in [-0.2, -0.15) is 0 Å². The molecule has 332 valence electrons. The number of aliphatic carboxylic acids is 1. The van der Waals surface area contributed by atoms with E-state index in [2.05, 4.69) is 18.4 Å². The summed E-state index contributed by atoms with van der Waals surface area (Å²) in [5, 5.41) is 39.8. The van der Waals surface area contributed by atoms with E-state index in [-0.39, 0.29) is 25.2 Å². The lowest BCUT2D eigenvalue weighted by Gasteiger charge is -2.36. The first-order chi connectivity index (χ1) is 27.3. The molecule has 1 heterocycles. The molecular formula is C41H74NO14P. The highest BCUT2D eigenvalue weighted by molar-refractivity contribution is 7.47. The van der Waals surface area contributed by atoms with Crippen molar-refractivity contribution in [2.45, 2.75) is 192 Å². The van der Waals surface area contributed by atoms with E-state index >= 15 is 0 Å². The fourth-order valence-electron chi connectivity index (χ4n) is 6.28. The zero-order chi connectivity index (χ0) is 42.3. The van der Waals surface area contributed by atoms with Crippen LogP contribution in [-0.2, 0) is 42.2 Å². The third-order valence-corrected chi connectivity index (χ3v) is 10.7. The lowest BCUT2D eigenvalue weighted by atomic mass is 9.87. The van der Waals surface area contributed by atoms with Crippen LogP contribution in [0.4, 0.5) is 0 Å². The van der Waals surface area contributed by atoms with E-state index in [1.807, 2.05) is 12.2 Å². The lowest BCUT2D eigenvalue weighted by molar-refractivity contribution is -0.199. The Bertz CT molecular complexity index is 1190. The molecule has 1 saturated heterocycles. The largest absolute Gasteiger partial charge is 0.480 e. The summed E-state index contributed by atoms with van der Waals surface area (Å²) < 4.78 is 38.3. The molecule has 0 aromatic heterocycles. The Kier molecular flexibility index (Phi) is 30.2. The average molecular weight is 836 g/mol. The number of unbranched alkanes of at least 4 members (excludes halogenated alkanes) is 14. The van der Waals surface area contributed by atoms with E-state index < -0.39 is 82.3 Å². The Hall–Kier alpha value is -2.20. The van der Waals surface area contributed by atoms with Gasteiger partial charge in [0.2, 0.25) is 0 Å². The third-order valence-electron chi connectivity index (χ3n) is 9.75. The van der Waals surface area contributed by atoms with Gasteiger partial charge in [0.25, 0.3) is 0 Å². The summed E-state index contributed by atoms with van der Waals surface area (Å²) in [6.45, 7) is 2.40. The van der Waals surface area contributed by atoms with Crippen LogP contribution in [0.1, 0.15) is 155 Å². The molecule has 16 heteroatoms. The van der Waals surface area contributed by atoms with Crippen LogP contribution in [0.25, 0.3) is 0 Å². The van der Waals surface area contributed by atoms with Crippen molar-refractivity contribution < 1.29 is 67.5 Å². The van der Waals surface area contributed by atoms with Gasteiger partial charge in [0, 0.05) is 25.2 Å². The molecule has 7 N–H and O–H groups in total. The summed E-state index contributed by atoms with van der Waals surface area (Å²) in [6, 6.07) is -1.57. The van der Waals surface area contributed by atoms with E-state index in [0.717, 1.165) is 38.5 Å². The smallest absolute Gasteiger partial charge is 0.472 e. The van der Waals surface area contributed by atoms with Crippen molar-refractivity contribution in [3.8, 4) is 0 Å². The average Bonchev–Trinajstić information content (AvgIpc) is 3.16. The van der Waals surface area contributed by atoms with Gasteiger partial charge in [-0.3, -0.25) is 23.4 Å². The fourth-order valence-corrected chi connectivity index (χ4v) is 7.06. The van der Waals surface area contributed by atoms with Gasteiger partial charge in [0.05, 0.1) is 31.5 Å². The number of ether oxygens (including phenoxy) is 3. The minimum absolute atomic E-state index is 0.0307. The maximum Gasteiger partial charge on any atom is 0.472 e. The maximum absolute atomic E-state index is 12.7. The molecule has 1 aliphatic heterocycles. The van der Waals surface area contributed by atoms with Crippen LogP contribution in [0.5, 0.6) is 0 Å². The number of carboxylic acids is 1. The first-order valence-corrected chi connectivity index (χ1v) is 22.8. The molecule has 0 aliphatic carbocycles. The minimum atomic E-state index is -4.79. The van der Waals surface area contributed by atoms with E-state index in [4.69, 9.17) is 29.6 Å². The van der Waals surface area contributed by atoms with Crippen molar-refractivity contribution in [1.29, 1.82) is 0 Å². The second-order valence-electron chi connectivity index (χ2n) is 15.0. The minimum Gasteiger partial charge on any atom is -0.480 e. The number of nitrogens with two attached hydrogens (primary N) is 1. The molecule has 0 saturated carbocycles. The van der Waals surface area contributed by atoms with Crippen LogP contribution in [0, 0.1) is 5.92 Å². The van der Waals surface area contributed by atoms with Crippen LogP contribution in [0.2, 0.25) is 0 Å². The number of rotatable bonds is 35. The number of carbonyl (C=O) groups excluding carboxylic acids is 2. The Labute approximate surface area is 340 Å². The molecule has 0 amide bonds. The molecule has 15 nitrogen and oxygen atoms in total. The highest BCUT2D eigenvalue weighted by atomic mass is 31.2. The van der Waals surface area contributed by atoms with Gasteiger partial charge in [-0.15, -0.1) is 0 Å². The fraction of sp³-hybridized carbons (Fsp3) is 0.829. The molecule has 0 radical (unpaired) electrons. The molecule has 2 unspecified atom stereocenters. The molecule has 0 bridgehead atoms. The summed E-state index contributed by atoms with van der Waals surface area (Å²) in [6.07, 6.45) is 21.5. The summed E-state index contributed by atoms with van der Waals surface area (Å²) in [5.41, 5.74) is 5.32. The summed E-state index contributed by atoms with van der Waals surface area (Å²) in [4.78, 5) is 46.1. The molecule has 1 rings (SSSR count). The van der Waals surface area contributed by atoms with Crippen molar-refractivity contribution in [3.05, 3.63) is 24.3 Å². The number of aliphatic hydroxyl groups is 3. The number of hydrogen-bond acceptors (Lipinski definition) is 13. The van der Waals surface area contributed by atoms with Crippen LogP contribution in [-0.4, -0.2) is 99.8 Å². The zero-order valence-electron chi connectivity index (χ0n) is 34.5. The van der Waals surface area contributed by atoms with Gasteiger partial charge in [-0.05, 0) is 32.1 Å². The molecule has 8 atom stereocenters. The molecular weight excluding hydrogens is 761 g/mol. The van der Waals surface area contributed by atoms with Crippen molar-refractivity contribution in [3.63, 3.8) is 0 Å². The lowest BCUT2D eigenvalue weighted by Crippen LogP contribution is -2.43. The summed E-state index contributed by atoms with van der Waals surface area (Å²) in [5.74, 6) is -2.96.